The van der Waals surface area contributed by atoms with E-state index >= 15 is 0 Å². The molecule has 0 aliphatic rings. The lowest BCUT2D eigenvalue weighted by molar-refractivity contribution is 0.305. The average molecular weight is 411 g/mol. The first-order chi connectivity index (χ1) is 14.8. The van der Waals surface area contributed by atoms with Gasteiger partial charge in [-0.05, 0) is 42.9 Å². The maximum Gasteiger partial charge on any atom is 0.128 e. The van der Waals surface area contributed by atoms with Gasteiger partial charge < -0.3 is 4.74 Å². The molecule has 0 aliphatic carbocycles. The van der Waals surface area contributed by atoms with Crippen LogP contribution in [-0.4, -0.2) is 16.6 Å². The van der Waals surface area contributed by atoms with Gasteiger partial charge in [0.2, 0.25) is 0 Å². The maximum absolute atomic E-state index is 6.18. The zero-order valence-electron chi connectivity index (χ0n) is 19.5. The van der Waals surface area contributed by atoms with Crippen LogP contribution in [-0.2, 0) is 6.42 Å². The third-order valence-corrected chi connectivity index (χ3v) is 5.88. The average Bonchev–Trinajstić information content (AvgIpc) is 2.78. The first kappa shape index (κ1) is 24.4. The summed E-state index contributed by atoms with van der Waals surface area (Å²) in [5.74, 6) is 1.74. The molecule has 0 bridgehead atoms. The lowest BCUT2D eigenvalue weighted by Crippen LogP contribution is -2.02. The van der Waals surface area contributed by atoms with Gasteiger partial charge in [0, 0.05) is 11.8 Å². The van der Waals surface area contributed by atoms with Gasteiger partial charge in [-0.15, -0.1) is 0 Å². The Labute approximate surface area is 184 Å². The highest BCUT2D eigenvalue weighted by Crippen LogP contribution is 2.31. The van der Waals surface area contributed by atoms with Crippen molar-refractivity contribution in [1.82, 2.24) is 9.97 Å². The SMILES string of the molecule is CCCCCCCCOc1ccccc1-c1ncncc1CCCC(C)CCCC. The number of benzene rings is 1. The lowest BCUT2D eigenvalue weighted by atomic mass is 9.95. The van der Waals surface area contributed by atoms with Crippen molar-refractivity contribution < 1.29 is 4.74 Å². The number of unbranched alkanes of at least 4 members (excludes halogenated alkanes) is 6. The number of para-hydroxylation sites is 1. The number of ether oxygens (including phenoxy) is 1. The molecule has 2 rings (SSSR count). The molecule has 1 aromatic carbocycles. The Balaban J connectivity index is 1.94. The largest absolute Gasteiger partial charge is 0.493 e. The number of rotatable bonds is 16. The van der Waals surface area contributed by atoms with Crippen LogP contribution in [0.15, 0.2) is 36.8 Å². The molecular weight excluding hydrogens is 368 g/mol. The molecule has 0 radical (unpaired) electrons. The fourth-order valence-corrected chi connectivity index (χ4v) is 3.97. The minimum absolute atomic E-state index is 0.776. The quantitative estimate of drug-likeness (QED) is 0.263. The van der Waals surface area contributed by atoms with E-state index in [0.29, 0.717) is 0 Å². The lowest BCUT2D eigenvalue weighted by Gasteiger charge is -2.14. The molecule has 3 heteroatoms. The van der Waals surface area contributed by atoms with Gasteiger partial charge in [-0.25, -0.2) is 9.97 Å². The molecule has 0 N–H and O–H groups in total. The summed E-state index contributed by atoms with van der Waals surface area (Å²) < 4.78 is 6.18. The van der Waals surface area contributed by atoms with Crippen LogP contribution >= 0.6 is 0 Å². The van der Waals surface area contributed by atoms with Crippen LogP contribution in [0.2, 0.25) is 0 Å². The summed E-state index contributed by atoms with van der Waals surface area (Å²) in [5.41, 5.74) is 3.36. The normalized spacial score (nSPS) is 12.1. The Morgan fingerprint density at radius 2 is 1.60 bits per heavy atom. The Bertz CT molecular complexity index is 701. The van der Waals surface area contributed by atoms with Crippen LogP contribution in [0.3, 0.4) is 0 Å². The van der Waals surface area contributed by atoms with Gasteiger partial charge in [-0.3, -0.25) is 0 Å². The van der Waals surface area contributed by atoms with E-state index < -0.39 is 0 Å². The molecule has 0 amide bonds. The zero-order chi connectivity index (χ0) is 21.4. The van der Waals surface area contributed by atoms with E-state index in [9.17, 15) is 0 Å². The van der Waals surface area contributed by atoms with Crippen molar-refractivity contribution in [3.8, 4) is 17.0 Å². The summed E-state index contributed by atoms with van der Waals surface area (Å²) in [5, 5.41) is 0. The second-order valence-corrected chi connectivity index (χ2v) is 8.65. The van der Waals surface area contributed by atoms with Crippen LogP contribution in [0.4, 0.5) is 0 Å². The monoisotopic (exact) mass is 410 g/mol. The molecule has 0 fully saturated rings. The van der Waals surface area contributed by atoms with Crippen LogP contribution in [0, 0.1) is 5.92 Å². The zero-order valence-corrected chi connectivity index (χ0v) is 19.5. The van der Waals surface area contributed by atoms with Crippen molar-refractivity contribution in [1.29, 1.82) is 0 Å². The third kappa shape index (κ3) is 8.85. The van der Waals surface area contributed by atoms with Crippen molar-refractivity contribution >= 4 is 0 Å². The van der Waals surface area contributed by atoms with Gasteiger partial charge in [0.1, 0.15) is 12.1 Å². The minimum atomic E-state index is 0.776. The van der Waals surface area contributed by atoms with Crippen molar-refractivity contribution in [2.75, 3.05) is 6.61 Å². The van der Waals surface area contributed by atoms with Gasteiger partial charge >= 0.3 is 0 Å². The summed E-state index contributed by atoms with van der Waals surface area (Å²) in [6.07, 6.45) is 18.7. The molecule has 1 heterocycles. The minimum Gasteiger partial charge on any atom is -0.493 e. The molecule has 0 saturated heterocycles. The topological polar surface area (TPSA) is 35.0 Å². The summed E-state index contributed by atoms with van der Waals surface area (Å²) in [6.45, 7) is 7.68. The number of hydrogen-bond acceptors (Lipinski definition) is 3. The molecule has 1 atom stereocenters. The highest BCUT2D eigenvalue weighted by molar-refractivity contribution is 5.69. The van der Waals surface area contributed by atoms with Crippen molar-refractivity contribution in [3.05, 3.63) is 42.4 Å². The summed E-state index contributed by atoms with van der Waals surface area (Å²) in [6, 6.07) is 8.33. The molecular formula is C27H42N2O. The van der Waals surface area contributed by atoms with Crippen molar-refractivity contribution in [2.24, 2.45) is 5.92 Å². The van der Waals surface area contributed by atoms with E-state index in [1.807, 2.05) is 6.20 Å². The van der Waals surface area contributed by atoms with Gasteiger partial charge in [-0.2, -0.15) is 0 Å². The molecule has 30 heavy (non-hydrogen) atoms. The second kappa shape index (κ2) is 15.0. The molecule has 1 aromatic heterocycles. The Kier molecular flexibility index (Phi) is 12.2. The summed E-state index contributed by atoms with van der Waals surface area (Å²) in [7, 11) is 0. The highest BCUT2D eigenvalue weighted by atomic mass is 16.5. The standard InChI is InChI=1S/C27H42N2O/c1-4-6-8-9-10-13-20-30-26-19-12-11-18-25(26)27-24(21-28-22-29-27)17-14-16-23(3)15-7-5-2/h11-12,18-19,21-23H,4-10,13-17,20H2,1-3H3. The van der Waals surface area contributed by atoms with E-state index in [2.05, 4.69) is 55.0 Å². The number of aryl methyl sites for hydroxylation is 1. The molecule has 0 saturated carbocycles. The third-order valence-electron chi connectivity index (χ3n) is 5.88. The Morgan fingerprint density at radius 3 is 2.43 bits per heavy atom. The predicted octanol–water partition coefficient (Wildman–Crippen LogP) is 8.03. The fraction of sp³-hybridized carbons (Fsp3) is 0.630. The molecule has 0 aliphatic heterocycles. The maximum atomic E-state index is 6.18. The summed E-state index contributed by atoms with van der Waals surface area (Å²) in [4.78, 5) is 8.95. The van der Waals surface area contributed by atoms with Crippen LogP contribution in [0.5, 0.6) is 5.75 Å². The molecule has 1 unspecified atom stereocenters. The number of nitrogens with zero attached hydrogens (tertiary/aromatic N) is 2. The first-order valence-corrected chi connectivity index (χ1v) is 12.3. The number of hydrogen-bond donors (Lipinski definition) is 0. The summed E-state index contributed by atoms with van der Waals surface area (Å²) >= 11 is 0. The predicted molar refractivity (Wildman–Crippen MR) is 128 cm³/mol. The van der Waals surface area contributed by atoms with Crippen molar-refractivity contribution in [2.45, 2.75) is 97.8 Å². The van der Waals surface area contributed by atoms with E-state index in [1.165, 1.54) is 69.8 Å². The van der Waals surface area contributed by atoms with E-state index in [4.69, 9.17) is 4.74 Å². The van der Waals surface area contributed by atoms with Gasteiger partial charge in [-0.1, -0.05) is 90.7 Å². The van der Waals surface area contributed by atoms with E-state index in [1.54, 1.807) is 6.33 Å². The van der Waals surface area contributed by atoms with Crippen LogP contribution in [0.1, 0.15) is 97.0 Å². The second-order valence-electron chi connectivity index (χ2n) is 8.65. The van der Waals surface area contributed by atoms with E-state index in [0.717, 1.165) is 42.4 Å². The Hall–Kier alpha value is -1.90. The first-order valence-electron chi connectivity index (χ1n) is 12.3. The fourth-order valence-electron chi connectivity index (χ4n) is 3.97. The van der Waals surface area contributed by atoms with Gasteiger partial charge in [0.15, 0.2) is 0 Å². The number of aromatic nitrogens is 2. The van der Waals surface area contributed by atoms with Crippen molar-refractivity contribution in [3.63, 3.8) is 0 Å². The molecule has 0 spiro atoms. The Morgan fingerprint density at radius 1 is 0.867 bits per heavy atom. The smallest absolute Gasteiger partial charge is 0.128 e. The molecule has 3 nitrogen and oxygen atoms in total. The highest BCUT2D eigenvalue weighted by Gasteiger charge is 2.13. The van der Waals surface area contributed by atoms with Gasteiger partial charge in [0.25, 0.3) is 0 Å². The van der Waals surface area contributed by atoms with Crippen LogP contribution < -0.4 is 4.74 Å². The molecule has 166 valence electrons. The van der Waals surface area contributed by atoms with Gasteiger partial charge in [0.05, 0.1) is 12.3 Å². The van der Waals surface area contributed by atoms with Crippen LogP contribution in [0.25, 0.3) is 11.3 Å². The molecule has 2 aromatic rings. The van der Waals surface area contributed by atoms with E-state index in [-0.39, 0.29) is 0 Å².